The first-order valence-electron chi connectivity index (χ1n) is 14.2. The number of ether oxygens (including phenoxy) is 1. The standard InChI is InChI=1S/C29H48F2O/c1-3-5-6-8-22-11-15-26(16-12-22)28-27(29(30,31)32-28)25-19-17-24(18-20-25)23-13-9-21(7-4-2)10-14-23/h4,7,21-28H,3,5-6,8-20H2,1-2H3/t21?,22?,23?,24?,25?,26?,27-,28-/m0/s1. The predicted octanol–water partition coefficient (Wildman–Crippen LogP) is 9.17. The Morgan fingerprint density at radius 2 is 1.31 bits per heavy atom. The van der Waals surface area contributed by atoms with Crippen LogP contribution in [0.15, 0.2) is 12.2 Å². The summed E-state index contributed by atoms with van der Waals surface area (Å²) in [5.41, 5.74) is 0. The minimum absolute atomic E-state index is 0.167. The molecule has 0 unspecified atom stereocenters. The van der Waals surface area contributed by atoms with Crippen molar-refractivity contribution in [2.75, 3.05) is 0 Å². The highest BCUT2D eigenvalue weighted by molar-refractivity contribution is 4.99. The molecule has 0 aromatic heterocycles. The van der Waals surface area contributed by atoms with E-state index >= 15 is 0 Å². The van der Waals surface area contributed by atoms with Crippen molar-refractivity contribution >= 4 is 0 Å². The summed E-state index contributed by atoms with van der Waals surface area (Å²) >= 11 is 0. The Morgan fingerprint density at radius 1 is 0.750 bits per heavy atom. The second-order valence-corrected chi connectivity index (χ2v) is 11.8. The zero-order valence-corrected chi connectivity index (χ0v) is 20.8. The van der Waals surface area contributed by atoms with E-state index in [2.05, 4.69) is 26.0 Å². The molecule has 4 rings (SSSR count). The lowest BCUT2D eigenvalue weighted by atomic mass is 9.63. The lowest BCUT2D eigenvalue weighted by Gasteiger charge is -2.53. The van der Waals surface area contributed by atoms with E-state index in [0.29, 0.717) is 5.92 Å². The molecule has 3 saturated carbocycles. The fourth-order valence-electron chi connectivity index (χ4n) is 7.93. The monoisotopic (exact) mass is 450 g/mol. The van der Waals surface area contributed by atoms with Gasteiger partial charge in [0.05, 0.1) is 12.0 Å². The molecule has 3 aliphatic carbocycles. The summed E-state index contributed by atoms with van der Waals surface area (Å²) < 4.78 is 34.5. The van der Waals surface area contributed by atoms with Crippen molar-refractivity contribution in [1.29, 1.82) is 0 Å². The van der Waals surface area contributed by atoms with E-state index in [-0.39, 0.29) is 12.0 Å². The largest absolute Gasteiger partial charge is 0.361 e. The molecule has 32 heavy (non-hydrogen) atoms. The van der Waals surface area contributed by atoms with Gasteiger partial charge in [0.1, 0.15) is 0 Å². The van der Waals surface area contributed by atoms with Gasteiger partial charge in [-0.1, -0.05) is 57.6 Å². The van der Waals surface area contributed by atoms with Crippen molar-refractivity contribution in [3.8, 4) is 0 Å². The van der Waals surface area contributed by atoms with Crippen LogP contribution in [-0.2, 0) is 4.74 Å². The van der Waals surface area contributed by atoms with Crippen molar-refractivity contribution < 1.29 is 13.5 Å². The van der Waals surface area contributed by atoms with Crippen LogP contribution >= 0.6 is 0 Å². The lowest BCUT2D eigenvalue weighted by Crippen LogP contribution is -2.61. The normalized spacial score (nSPS) is 42.6. The van der Waals surface area contributed by atoms with E-state index in [1.165, 1.54) is 77.0 Å². The van der Waals surface area contributed by atoms with Crippen molar-refractivity contribution in [2.24, 2.45) is 41.4 Å². The van der Waals surface area contributed by atoms with E-state index in [4.69, 9.17) is 4.74 Å². The third-order valence-electron chi connectivity index (χ3n) is 9.88. The van der Waals surface area contributed by atoms with Gasteiger partial charge in [0.2, 0.25) is 0 Å². The molecule has 1 aliphatic heterocycles. The van der Waals surface area contributed by atoms with E-state index in [0.717, 1.165) is 49.4 Å². The molecular formula is C29H48F2O. The minimum atomic E-state index is -2.87. The maximum atomic E-state index is 14.6. The summed E-state index contributed by atoms with van der Waals surface area (Å²) in [5, 5.41) is 0. The zero-order valence-electron chi connectivity index (χ0n) is 20.8. The quantitative estimate of drug-likeness (QED) is 0.264. The van der Waals surface area contributed by atoms with Crippen LogP contribution < -0.4 is 0 Å². The number of allylic oxidation sites excluding steroid dienone is 2. The number of hydrogen-bond donors (Lipinski definition) is 0. The Balaban J connectivity index is 1.23. The molecule has 4 fully saturated rings. The average Bonchev–Trinajstić information content (AvgIpc) is 2.80. The van der Waals surface area contributed by atoms with E-state index in [1.807, 2.05) is 0 Å². The van der Waals surface area contributed by atoms with Crippen molar-refractivity contribution in [3.63, 3.8) is 0 Å². The molecule has 0 radical (unpaired) electrons. The summed E-state index contributed by atoms with van der Waals surface area (Å²) in [5.74, 6) is 3.29. The molecule has 0 bridgehead atoms. The van der Waals surface area contributed by atoms with Gasteiger partial charge in [-0.3, -0.25) is 0 Å². The number of hydrogen-bond acceptors (Lipinski definition) is 1. The van der Waals surface area contributed by atoms with Gasteiger partial charge in [-0.15, -0.1) is 0 Å². The van der Waals surface area contributed by atoms with E-state index in [1.54, 1.807) is 0 Å². The molecule has 0 N–H and O–H groups in total. The van der Waals surface area contributed by atoms with Crippen molar-refractivity contribution in [1.82, 2.24) is 0 Å². The Kier molecular flexibility index (Phi) is 8.73. The number of alkyl halides is 2. The Bertz CT molecular complexity index is 578. The molecular weight excluding hydrogens is 402 g/mol. The van der Waals surface area contributed by atoms with Gasteiger partial charge in [-0.25, -0.2) is 0 Å². The SMILES string of the molecule is CC=CC1CCC(C2CCC([C@H]3[C@H](C4CCC(CCCCC)CC4)OC3(F)F)CC2)CC1. The summed E-state index contributed by atoms with van der Waals surface area (Å²) in [6.45, 7) is 4.38. The smallest absolute Gasteiger partial charge is 0.316 e. The number of unbranched alkanes of at least 4 members (excludes halogenated alkanes) is 2. The second-order valence-electron chi connectivity index (χ2n) is 11.8. The predicted molar refractivity (Wildman–Crippen MR) is 129 cm³/mol. The highest BCUT2D eigenvalue weighted by Gasteiger charge is 2.62. The Labute approximate surface area is 196 Å². The molecule has 1 nitrogen and oxygen atoms in total. The van der Waals surface area contributed by atoms with Crippen LogP contribution in [0, 0.1) is 41.4 Å². The highest BCUT2D eigenvalue weighted by Crippen LogP contribution is 2.56. The van der Waals surface area contributed by atoms with Gasteiger partial charge < -0.3 is 4.74 Å². The molecule has 2 atom stereocenters. The fraction of sp³-hybridized carbons (Fsp3) is 0.931. The molecule has 0 amide bonds. The first kappa shape index (κ1) is 24.7. The Morgan fingerprint density at radius 3 is 1.88 bits per heavy atom. The second kappa shape index (κ2) is 11.3. The molecule has 0 spiro atoms. The maximum absolute atomic E-state index is 14.6. The third-order valence-corrected chi connectivity index (χ3v) is 9.88. The lowest BCUT2D eigenvalue weighted by molar-refractivity contribution is -0.418. The van der Waals surface area contributed by atoms with Gasteiger partial charge in [0.25, 0.3) is 0 Å². The van der Waals surface area contributed by atoms with Crippen LogP contribution in [0.4, 0.5) is 8.78 Å². The molecule has 184 valence electrons. The molecule has 1 saturated heterocycles. The number of halogens is 2. The molecule has 0 aromatic carbocycles. The number of rotatable bonds is 8. The third kappa shape index (κ3) is 5.78. The summed E-state index contributed by atoms with van der Waals surface area (Å²) in [7, 11) is 0. The molecule has 3 heteroatoms. The minimum Gasteiger partial charge on any atom is -0.316 e. The first-order chi connectivity index (χ1) is 15.5. The van der Waals surface area contributed by atoms with Crippen LogP contribution in [0.5, 0.6) is 0 Å². The first-order valence-corrected chi connectivity index (χ1v) is 14.2. The maximum Gasteiger partial charge on any atom is 0.361 e. The van der Waals surface area contributed by atoms with Gasteiger partial charge in [0.15, 0.2) is 0 Å². The van der Waals surface area contributed by atoms with Gasteiger partial charge in [-0.2, -0.15) is 8.78 Å². The average molecular weight is 451 g/mol. The molecule has 1 heterocycles. The van der Waals surface area contributed by atoms with E-state index in [9.17, 15) is 8.78 Å². The zero-order chi connectivity index (χ0) is 22.6. The van der Waals surface area contributed by atoms with Gasteiger partial charge in [-0.05, 0) is 107 Å². The topological polar surface area (TPSA) is 9.23 Å². The summed E-state index contributed by atoms with van der Waals surface area (Å²) in [6, 6.07) is 0. The van der Waals surface area contributed by atoms with Crippen LogP contribution in [0.2, 0.25) is 0 Å². The highest BCUT2D eigenvalue weighted by atomic mass is 19.3. The van der Waals surface area contributed by atoms with Crippen molar-refractivity contribution in [3.05, 3.63) is 12.2 Å². The molecule has 4 aliphatic rings. The van der Waals surface area contributed by atoms with Gasteiger partial charge in [0, 0.05) is 0 Å². The van der Waals surface area contributed by atoms with Crippen LogP contribution in [0.3, 0.4) is 0 Å². The van der Waals surface area contributed by atoms with Crippen LogP contribution in [0.1, 0.15) is 117 Å². The van der Waals surface area contributed by atoms with Crippen LogP contribution in [-0.4, -0.2) is 12.2 Å². The fourth-order valence-corrected chi connectivity index (χ4v) is 7.93. The van der Waals surface area contributed by atoms with Crippen LogP contribution in [0.25, 0.3) is 0 Å². The Hall–Kier alpha value is -0.440. The van der Waals surface area contributed by atoms with Crippen molar-refractivity contribution in [2.45, 2.75) is 129 Å². The molecule has 0 aromatic rings. The summed E-state index contributed by atoms with van der Waals surface area (Å²) in [4.78, 5) is 0. The van der Waals surface area contributed by atoms with E-state index < -0.39 is 12.0 Å². The van der Waals surface area contributed by atoms with Gasteiger partial charge >= 0.3 is 6.11 Å². The summed E-state index contributed by atoms with van der Waals surface area (Å²) in [6.07, 6.45) is 21.2.